The SMILES string of the molecule is CN(C)CCNc1cc(F)cc(-c2nccc3[nH]c(-c4[nH]nc5ncc(-c6cncnc6)c(F)c45)nc23)c1. The molecule has 0 fully saturated rings. The van der Waals surface area contributed by atoms with Crippen molar-refractivity contribution in [2.75, 3.05) is 32.5 Å². The number of hydrogen-bond acceptors (Lipinski definition) is 8. The van der Waals surface area contributed by atoms with Crippen LogP contribution in [0, 0.1) is 11.6 Å². The molecule has 5 heterocycles. The Labute approximate surface area is 215 Å². The van der Waals surface area contributed by atoms with Crippen molar-refractivity contribution in [3.05, 3.63) is 67.0 Å². The Morgan fingerprint density at radius 3 is 2.66 bits per heavy atom. The molecule has 6 aromatic rings. The van der Waals surface area contributed by atoms with E-state index in [9.17, 15) is 4.39 Å². The standard InChI is InChI=1S/C26H22F2N10/c1-38(2)6-5-31-17-8-14(7-16(27)9-17)22-23-19(3-4-32-22)34-26(35-23)24-20-21(28)18(12-33-25(20)37-36-24)15-10-29-13-30-11-15/h3-4,7-13,31H,5-6H2,1-2H3,(H,34,35)(H,33,36,37). The molecule has 0 aliphatic rings. The first-order chi connectivity index (χ1) is 18.5. The number of aromatic amines is 2. The molecule has 190 valence electrons. The van der Waals surface area contributed by atoms with E-state index in [-0.39, 0.29) is 16.6 Å². The first kappa shape index (κ1) is 23.6. The van der Waals surface area contributed by atoms with Gasteiger partial charge < -0.3 is 15.2 Å². The number of pyridine rings is 2. The van der Waals surface area contributed by atoms with E-state index >= 15 is 4.39 Å². The van der Waals surface area contributed by atoms with Gasteiger partial charge in [-0.25, -0.2) is 28.7 Å². The van der Waals surface area contributed by atoms with Crippen molar-refractivity contribution in [1.82, 2.24) is 45.0 Å². The third-order valence-electron chi connectivity index (χ3n) is 6.09. The molecule has 1 aromatic carbocycles. The van der Waals surface area contributed by atoms with Gasteiger partial charge >= 0.3 is 0 Å². The van der Waals surface area contributed by atoms with Crippen LogP contribution in [0.4, 0.5) is 14.5 Å². The fourth-order valence-corrected chi connectivity index (χ4v) is 4.28. The largest absolute Gasteiger partial charge is 0.384 e. The number of aromatic nitrogens is 8. The molecule has 0 aliphatic carbocycles. The number of imidazole rings is 1. The topological polar surface area (TPSA) is 124 Å². The molecular formula is C26H22F2N10. The van der Waals surface area contributed by atoms with Gasteiger partial charge in [0.2, 0.25) is 0 Å². The highest BCUT2D eigenvalue weighted by Crippen LogP contribution is 2.34. The van der Waals surface area contributed by atoms with Gasteiger partial charge in [0, 0.05) is 60.3 Å². The van der Waals surface area contributed by atoms with Crippen LogP contribution in [0.1, 0.15) is 0 Å². The van der Waals surface area contributed by atoms with Crippen LogP contribution in [0.3, 0.4) is 0 Å². The third-order valence-corrected chi connectivity index (χ3v) is 6.09. The van der Waals surface area contributed by atoms with Crippen molar-refractivity contribution in [2.45, 2.75) is 0 Å². The Kier molecular flexibility index (Phi) is 5.92. The quantitative estimate of drug-likeness (QED) is 0.290. The molecular weight excluding hydrogens is 490 g/mol. The number of hydrogen-bond donors (Lipinski definition) is 3. The first-order valence-corrected chi connectivity index (χ1v) is 11.8. The van der Waals surface area contributed by atoms with Crippen molar-refractivity contribution in [3.63, 3.8) is 0 Å². The molecule has 5 aromatic heterocycles. The zero-order chi connectivity index (χ0) is 26.2. The Balaban J connectivity index is 1.43. The lowest BCUT2D eigenvalue weighted by atomic mass is 10.1. The number of halogens is 2. The maximum atomic E-state index is 15.7. The van der Waals surface area contributed by atoms with E-state index in [0.29, 0.717) is 51.6 Å². The minimum absolute atomic E-state index is 0.179. The van der Waals surface area contributed by atoms with Crippen molar-refractivity contribution in [1.29, 1.82) is 0 Å². The highest BCUT2D eigenvalue weighted by Gasteiger charge is 2.21. The summed E-state index contributed by atoms with van der Waals surface area (Å²) in [6.07, 6.45) is 7.42. The van der Waals surface area contributed by atoms with Crippen LogP contribution in [-0.2, 0) is 0 Å². The van der Waals surface area contributed by atoms with Crippen molar-refractivity contribution >= 4 is 27.8 Å². The van der Waals surface area contributed by atoms with Crippen LogP contribution in [0.25, 0.3) is 56.0 Å². The van der Waals surface area contributed by atoms with Gasteiger partial charge in [0.25, 0.3) is 0 Å². The molecule has 0 radical (unpaired) electrons. The summed E-state index contributed by atoms with van der Waals surface area (Å²) in [5.74, 6) is -0.569. The summed E-state index contributed by atoms with van der Waals surface area (Å²) < 4.78 is 30.3. The van der Waals surface area contributed by atoms with Gasteiger partial charge in [-0.2, -0.15) is 5.10 Å². The van der Waals surface area contributed by atoms with Gasteiger partial charge in [-0.3, -0.25) is 10.1 Å². The summed E-state index contributed by atoms with van der Waals surface area (Å²) in [5, 5.41) is 10.4. The van der Waals surface area contributed by atoms with Gasteiger partial charge in [-0.05, 0) is 38.4 Å². The number of benzene rings is 1. The van der Waals surface area contributed by atoms with Crippen LogP contribution < -0.4 is 5.32 Å². The van der Waals surface area contributed by atoms with Gasteiger partial charge in [0.1, 0.15) is 29.2 Å². The van der Waals surface area contributed by atoms with E-state index < -0.39 is 11.6 Å². The normalized spacial score (nSPS) is 11.6. The van der Waals surface area contributed by atoms with E-state index in [1.165, 1.54) is 37.1 Å². The lowest BCUT2D eigenvalue weighted by molar-refractivity contribution is 0.425. The zero-order valence-electron chi connectivity index (χ0n) is 20.5. The molecule has 3 N–H and O–H groups in total. The number of rotatable bonds is 7. The van der Waals surface area contributed by atoms with E-state index in [4.69, 9.17) is 4.98 Å². The van der Waals surface area contributed by atoms with Gasteiger partial charge in [-0.15, -0.1) is 0 Å². The molecule has 0 spiro atoms. The molecule has 12 heteroatoms. The maximum Gasteiger partial charge on any atom is 0.184 e. The lowest BCUT2D eigenvalue weighted by Crippen LogP contribution is -2.20. The average Bonchev–Trinajstić information content (AvgIpc) is 3.53. The Bertz CT molecular complexity index is 1760. The molecule has 0 amide bonds. The lowest BCUT2D eigenvalue weighted by Gasteiger charge is -2.12. The summed E-state index contributed by atoms with van der Waals surface area (Å²) in [6, 6.07) is 6.44. The van der Waals surface area contributed by atoms with Crippen LogP contribution in [0.2, 0.25) is 0 Å². The predicted molar refractivity (Wildman–Crippen MR) is 140 cm³/mol. The second-order valence-corrected chi connectivity index (χ2v) is 9.01. The molecule has 0 saturated heterocycles. The van der Waals surface area contributed by atoms with Crippen LogP contribution in [0.15, 0.2) is 55.4 Å². The van der Waals surface area contributed by atoms with Crippen LogP contribution in [0.5, 0.6) is 0 Å². The fraction of sp³-hybridized carbons (Fsp3) is 0.154. The second-order valence-electron chi connectivity index (χ2n) is 9.01. The Hall–Kier alpha value is -4.84. The van der Waals surface area contributed by atoms with E-state index in [1.54, 1.807) is 12.3 Å². The molecule has 10 nitrogen and oxygen atoms in total. The summed E-state index contributed by atoms with van der Waals surface area (Å²) in [5.41, 5.74) is 4.13. The first-order valence-electron chi connectivity index (χ1n) is 11.8. The van der Waals surface area contributed by atoms with E-state index in [2.05, 4.69) is 40.4 Å². The molecule has 0 saturated carbocycles. The van der Waals surface area contributed by atoms with Gasteiger partial charge in [-0.1, -0.05) is 0 Å². The molecule has 0 unspecified atom stereocenters. The average molecular weight is 513 g/mol. The Morgan fingerprint density at radius 2 is 1.84 bits per heavy atom. The van der Waals surface area contributed by atoms with E-state index in [0.717, 1.165) is 6.54 Å². The van der Waals surface area contributed by atoms with E-state index in [1.807, 2.05) is 25.1 Å². The summed E-state index contributed by atoms with van der Waals surface area (Å²) in [4.78, 5) is 26.7. The van der Waals surface area contributed by atoms with Crippen molar-refractivity contribution in [2.24, 2.45) is 0 Å². The summed E-state index contributed by atoms with van der Waals surface area (Å²) in [6.45, 7) is 1.45. The number of nitrogens with one attached hydrogen (secondary N) is 3. The smallest absolute Gasteiger partial charge is 0.184 e. The third kappa shape index (κ3) is 4.30. The Morgan fingerprint density at radius 1 is 1.00 bits per heavy atom. The monoisotopic (exact) mass is 512 g/mol. The minimum Gasteiger partial charge on any atom is -0.384 e. The van der Waals surface area contributed by atoms with Gasteiger partial charge in [0.05, 0.1) is 16.6 Å². The molecule has 0 atom stereocenters. The van der Waals surface area contributed by atoms with Crippen molar-refractivity contribution in [3.8, 4) is 33.9 Å². The molecule has 0 bridgehead atoms. The summed E-state index contributed by atoms with van der Waals surface area (Å²) >= 11 is 0. The maximum absolute atomic E-state index is 15.7. The molecule has 38 heavy (non-hydrogen) atoms. The number of likely N-dealkylation sites (N-methyl/N-ethyl adjacent to an activating group) is 1. The van der Waals surface area contributed by atoms with Crippen LogP contribution >= 0.6 is 0 Å². The van der Waals surface area contributed by atoms with Crippen LogP contribution in [-0.4, -0.2) is 72.2 Å². The number of fused-ring (bicyclic) bond motifs is 2. The molecule has 6 rings (SSSR count). The highest BCUT2D eigenvalue weighted by atomic mass is 19.1. The van der Waals surface area contributed by atoms with Crippen molar-refractivity contribution < 1.29 is 8.78 Å². The highest BCUT2D eigenvalue weighted by molar-refractivity contribution is 5.96. The minimum atomic E-state index is -0.522. The predicted octanol–water partition coefficient (Wildman–Crippen LogP) is 4.27. The number of nitrogens with zero attached hydrogens (tertiary/aromatic N) is 7. The fourth-order valence-electron chi connectivity index (χ4n) is 4.28. The second kappa shape index (κ2) is 9.56. The summed E-state index contributed by atoms with van der Waals surface area (Å²) in [7, 11) is 3.94. The van der Waals surface area contributed by atoms with Gasteiger partial charge in [0.15, 0.2) is 11.5 Å². The zero-order valence-corrected chi connectivity index (χ0v) is 20.5. The molecule has 0 aliphatic heterocycles. The number of H-pyrrole nitrogens is 2. The number of anilines is 1.